The molecular weight excluding hydrogens is 214 g/mol. The second-order valence-corrected chi connectivity index (χ2v) is 6.24. The van der Waals surface area contributed by atoms with Gasteiger partial charge in [0.25, 0.3) is 0 Å². The molecule has 0 unspecified atom stereocenters. The van der Waals surface area contributed by atoms with Gasteiger partial charge < -0.3 is 10.1 Å². The van der Waals surface area contributed by atoms with Crippen LogP contribution >= 0.6 is 0 Å². The maximum Gasteiger partial charge on any atom is 0.154 e. The molecular formula is C10H23NO3S. The molecule has 0 saturated heterocycles. The number of hydrogen-bond acceptors (Lipinski definition) is 4. The van der Waals surface area contributed by atoms with Crippen LogP contribution in [0.1, 0.15) is 26.7 Å². The predicted molar refractivity (Wildman–Crippen MR) is 62.9 cm³/mol. The van der Waals surface area contributed by atoms with Gasteiger partial charge in [-0.2, -0.15) is 0 Å². The molecule has 0 atom stereocenters. The minimum Gasteiger partial charge on any atom is -0.383 e. The summed E-state index contributed by atoms with van der Waals surface area (Å²) in [7, 11) is -1.39. The fourth-order valence-corrected chi connectivity index (χ4v) is 3.06. The van der Waals surface area contributed by atoms with Crippen molar-refractivity contribution >= 4 is 9.84 Å². The van der Waals surface area contributed by atoms with E-state index in [9.17, 15) is 8.42 Å². The maximum absolute atomic E-state index is 11.7. The Hall–Kier alpha value is -0.130. The SMILES string of the molecule is CCC(CC)(CNCCOC)S(C)(=O)=O. The third kappa shape index (κ3) is 4.09. The van der Waals surface area contributed by atoms with Crippen molar-refractivity contribution in [2.24, 2.45) is 0 Å². The second kappa shape index (κ2) is 6.45. The van der Waals surface area contributed by atoms with Crippen LogP contribution in [0.2, 0.25) is 0 Å². The van der Waals surface area contributed by atoms with E-state index in [1.54, 1.807) is 7.11 Å². The summed E-state index contributed by atoms with van der Waals surface area (Å²) in [5.74, 6) is 0. The monoisotopic (exact) mass is 237 g/mol. The van der Waals surface area contributed by atoms with Crippen molar-refractivity contribution in [2.75, 3.05) is 33.1 Å². The highest BCUT2D eigenvalue weighted by atomic mass is 32.2. The van der Waals surface area contributed by atoms with Crippen molar-refractivity contribution in [2.45, 2.75) is 31.4 Å². The van der Waals surface area contributed by atoms with Gasteiger partial charge in [-0.25, -0.2) is 8.42 Å². The molecule has 0 bridgehead atoms. The zero-order valence-electron chi connectivity index (χ0n) is 10.2. The Morgan fingerprint density at radius 3 is 2.13 bits per heavy atom. The van der Waals surface area contributed by atoms with Gasteiger partial charge in [0.1, 0.15) is 0 Å². The molecule has 1 N–H and O–H groups in total. The van der Waals surface area contributed by atoms with E-state index in [0.29, 0.717) is 32.5 Å². The van der Waals surface area contributed by atoms with Gasteiger partial charge in [-0.15, -0.1) is 0 Å². The Bertz CT molecular complexity index is 258. The molecule has 0 radical (unpaired) electrons. The van der Waals surface area contributed by atoms with E-state index in [1.807, 2.05) is 13.8 Å². The van der Waals surface area contributed by atoms with Crippen molar-refractivity contribution < 1.29 is 13.2 Å². The summed E-state index contributed by atoms with van der Waals surface area (Å²) >= 11 is 0. The van der Waals surface area contributed by atoms with Crippen LogP contribution in [0.25, 0.3) is 0 Å². The average Bonchev–Trinajstić information content (AvgIpc) is 2.17. The summed E-state index contributed by atoms with van der Waals surface area (Å²) in [6, 6.07) is 0. The molecule has 5 heteroatoms. The number of rotatable bonds is 8. The third-order valence-electron chi connectivity index (χ3n) is 3.01. The van der Waals surface area contributed by atoms with E-state index in [4.69, 9.17) is 4.74 Å². The molecule has 4 nitrogen and oxygen atoms in total. The second-order valence-electron chi connectivity index (χ2n) is 3.83. The van der Waals surface area contributed by atoms with Crippen LogP contribution in [0.4, 0.5) is 0 Å². The van der Waals surface area contributed by atoms with Crippen LogP contribution in [-0.4, -0.2) is 46.2 Å². The van der Waals surface area contributed by atoms with Gasteiger partial charge in [0.2, 0.25) is 0 Å². The van der Waals surface area contributed by atoms with Crippen molar-refractivity contribution in [1.82, 2.24) is 5.32 Å². The summed E-state index contributed by atoms with van der Waals surface area (Å²) in [4.78, 5) is 0. The number of methoxy groups -OCH3 is 1. The molecule has 0 aliphatic rings. The molecule has 15 heavy (non-hydrogen) atoms. The van der Waals surface area contributed by atoms with Crippen LogP contribution in [0.5, 0.6) is 0 Å². The molecule has 0 aromatic carbocycles. The topological polar surface area (TPSA) is 55.4 Å². The fraction of sp³-hybridized carbons (Fsp3) is 1.00. The van der Waals surface area contributed by atoms with E-state index in [2.05, 4.69) is 5.32 Å². The van der Waals surface area contributed by atoms with Gasteiger partial charge >= 0.3 is 0 Å². The van der Waals surface area contributed by atoms with Crippen LogP contribution in [0, 0.1) is 0 Å². The normalized spacial score (nSPS) is 13.1. The highest BCUT2D eigenvalue weighted by Crippen LogP contribution is 2.24. The first-order chi connectivity index (χ1) is 6.93. The van der Waals surface area contributed by atoms with E-state index in [1.165, 1.54) is 6.26 Å². The first-order valence-electron chi connectivity index (χ1n) is 5.32. The molecule has 0 amide bonds. The highest BCUT2D eigenvalue weighted by molar-refractivity contribution is 7.92. The minimum atomic E-state index is -3.02. The smallest absolute Gasteiger partial charge is 0.154 e. The van der Waals surface area contributed by atoms with Crippen LogP contribution in [0.3, 0.4) is 0 Å². The largest absolute Gasteiger partial charge is 0.383 e. The van der Waals surface area contributed by atoms with Gasteiger partial charge in [0.05, 0.1) is 11.4 Å². The van der Waals surface area contributed by atoms with Gasteiger partial charge in [0.15, 0.2) is 9.84 Å². The Balaban J connectivity index is 4.40. The first kappa shape index (κ1) is 14.9. The van der Waals surface area contributed by atoms with Crippen LogP contribution < -0.4 is 5.32 Å². The summed E-state index contributed by atoms with van der Waals surface area (Å²) < 4.78 is 27.7. The molecule has 0 aliphatic heterocycles. The standard InChI is InChI=1S/C10H23NO3S/c1-5-10(6-2,15(4,12)13)9-11-7-8-14-3/h11H,5-9H2,1-4H3. The van der Waals surface area contributed by atoms with Crippen LogP contribution in [0.15, 0.2) is 0 Å². The Morgan fingerprint density at radius 1 is 1.27 bits per heavy atom. The van der Waals surface area contributed by atoms with E-state index >= 15 is 0 Å². The van der Waals surface area contributed by atoms with E-state index < -0.39 is 14.6 Å². The Morgan fingerprint density at radius 2 is 1.80 bits per heavy atom. The number of hydrogen-bond donors (Lipinski definition) is 1. The van der Waals surface area contributed by atoms with E-state index in [-0.39, 0.29) is 0 Å². The maximum atomic E-state index is 11.7. The lowest BCUT2D eigenvalue weighted by Gasteiger charge is -2.29. The molecule has 0 fully saturated rings. The lowest BCUT2D eigenvalue weighted by molar-refractivity contribution is 0.198. The third-order valence-corrected chi connectivity index (χ3v) is 5.30. The predicted octanol–water partition coefficient (Wildman–Crippen LogP) is 0.826. The number of nitrogens with one attached hydrogen (secondary N) is 1. The lowest BCUT2D eigenvalue weighted by atomic mass is 10.0. The molecule has 0 spiro atoms. The average molecular weight is 237 g/mol. The molecule has 0 aromatic heterocycles. The summed E-state index contributed by atoms with van der Waals surface area (Å²) in [6.07, 6.45) is 2.60. The van der Waals surface area contributed by atoms with Crippen molar-refractivity contribution in [1.29, 1.82) is 0 Å². The summed E-state index contributed by atoms with van der Waals surface area (Å²) in [6.45, 7) is 5.63. The van der Waals surface area contributed by atoms with E-state index in [0.717, 1.165) is 0 Å². The van der Waals surface area contributed by atoms with Crippen molar-refractivity contribution in [3.05, 3.63) is 0 Å². The molecule has 0 heterocycles. The molecule has 0 aromatic rings. The van der Waals surface area contributed by atoms with Crippen molar-refractivity contribution in [3.8, 4) is 0 Å². The number of sulfone groups is 1. The Labute approximate surface area is 93.3 Å². The number of ether oxygens (including phenoxy) is 1. The van der Waals surface area contributed by atoms with Gasteiger partial charge in [-0.05, 0) is 12.8 Å². The summed E-state index contributed by atoms with van der Waals surface area (Å²) in [5.41, 5.74) is 0. The molecule has 92 valence electrons. The van der Waals surface area contributed by atoms with Crippen molar-refractivity contribution in [3.63, 3.8) is 0 Å². The minimum absolute atomic E-state index is 0.502. The molecule has 0 saturated carbocycles. The van der Waals surface area contributed by atoms with Gasteiger partial charge in [0, 0.05) is 26.5 Å². The zero-order valence-corrected chi connectivity index (χ0v) is 11.0. The van der Waals surface area contributed by atoms with Gasteiger partial charge in [-0.3, -0.25) is 0 Å². The highest BCUT2D eigenvalue weighted by Gasteiger charge is 2.36. The Kier molecular flexibility index (Phi) is 6.40. The fourth-order valence-electron chi connectivity index (χ4n) is 1.65. The molecule has 0 aliphatic carbocycles. The zero-order chi connectivity index (χ0) is 11.9. The summed E-state index contributed by atoms with van der Waals surface area (Å²) in [5, 5.41) is 3.13. The lowest BCUT2D eigenvalue weighted by Crippen LogP contribution is -2.46. The van der Waals surface area contributed by atoms with Crippen LogP contribution in [-0.2, 0) is 14.6 Å². The first-order valence-corrected chi connectivity index (χ1v) is 7.22. The molecule has 0 rings (SSSR count). The van der Waals surface area contributed by atoms with Gasteiger partial charge in [-0.1, -0.05) is 13.8 Å². The quantitative estimate of drug-likeness (QED) is 0.635.